The average Bonchev–Trinajstić information content (AvgIpc) is 1.54. The Kier molecular flexibility index (Phi) is 27.1. The molecule has 8 heteroatoms. The Bertz CT molecular complexity index is 4140. The summed E-state index contributed by atoms with van der Waals surface area (Å²) < 4.78 is 2.89. The van der Waals surface area contributed by atoms with E-state index in [1.165, 1.54) is 205 Å². The molecular formula is C90H118N2O2S4. The molecule has 2 aliphatic rings. The van der Waals surface area contributed by atoms with Crippen LogP contribution < -0.4 is 9.80 Å². The van der Waals surface area contributed by atoms with Crippen molar-refractivity contribution in [3.8, 4) is 30.6 Å². The Labute approximate surface area is 607 Å². The molecule has 11 rings (SSSR count). The Morgan fingerprint density at radius 2 is 0.847 bits per heavy atom. The molecule has 524 valence electrons. The first-order chi connectivity index (χ1) is 48.0. The third kappa shape index (κ3) is 16.7. The maximum Gasteiger partial charge on any atom is 0.259 e. The molecule has 4 nitrogen and oxygen atoms in total. The molecule has 0 fully saturated rings. The third-order valence-electron chi connectivity index (χ3n) is 22.7. The van der Waals surface area contributed by atoms with E-state index < -0.39 is 0 Å². The van der Waals surface area contributed by atoms with Crippen molar-refractivity contribution in [2.75, 3.05) is 22.9 Å². The molecule has 5 aromatic carbocycles. The maximum absolute atomic E-state index is 16.0. The van der Waals surface area contributed by atoms with Gasteiger partial charge in [-0.1, -0.05) is 260 Å². The number of thiophene rings is 4. The van der Waals surface area contributed by atoms with Gasteiger partial charge in [-0.05, 0) is 189 Å². The zero-order chi connectivity index (χ0) is 68.7. The van der Waals surface area contributed by atoms with E-state index in [2.05, 4.69) is 175 Å². The smallest absolute Gasteiger partial charge is 0.259 e. The molecule has 0 aliphatic carbocycles. The first-order valence-electron chi connectivity index (χ1n) is 39.7. The molecule has 0 spiro atoms. The highest BCUT2D eigenvalue weighted by atomic mass is 32.1. The minimum atomic E-state index is -0.0213. The lowest BCUT2D eigenvalue weighted by molar-refractivity contribution is -0.114. The van der Waals surface area contributed by atoms with Crippen LogP contribution in [0.25, 0.3) is 83.5 Å². The number of carbonyl (C=O) groups is 2. The highest BCUT2D eigenvalue weighted by molar-refractivity contribution is 7.27. The lowest BCUT2D eigenvalue weighted by Crippen LogP contribution is -2.34. The summed E-state index contributed by atoms with van der Waals surface area (Å²) in [5.74, 6) is 1.95. The quantitative estimate of drug-likeness (QED) is 0.0218. The van der Waals surface area contributed by atoms with Crippen molar-refractivity contribution < 1.29 is 9.59 Å². The summed E-state index contributed by atoms with van der Waals surface area (Å²) >= 11 is 7.76. The van der Waals surface area contributed by atoms with E-state index in [1.807, 2.05) is 45.3 Å². The van der Waals surface area contributed by atoms with Gasteiger partial charge < -0.3 is 9.80 Å². The molecule has 4 atom stereocenters. The summed E-state index contributed by atoms with van der Waals surface area (Å²) in [5.41, 5.74) is 13.1. The average molecular weight is 1390 g/mol. The Morgan fingerprint density at radius 3 is 1.38 bits per heavy atom. The van der Waals surface area contributed by atoms with Crippen LogP contribution in [0.4, 0.5) is 11.4 Å². The Balaban J connectivity index is 1.04. The minimum absolute atomic E-state index is 0.0208. The highest BCUT2D eigenvalue weighted by Gasteiger charge is 2.43. The monoisotopic (exact) mass is 1390 g/mol. The van der Waals surface area contributed by atoms with Gasteiger partial charge in [-0.3, -0.25) is 9.59 Å². The summed E-state index contributed by atoms with van der Waals surface area (Å²) in [5, 5.41) is 13.3. The van der Waals surface area contributed by atoms with Gasteiger partial charge in [-0.15, -0.1) is 45.3 Å². The number of hydrogen-bond donors (Lipinski definition) is 0. The van der Waals surface area contributed by atoms with Gasteiger partial charge in [0.2, 0.25) is 0 Å². The number of hydrogen-bond acceptors (Lipinski definition) is 6. The normalized spacial score (nSPS) is 15.3. The summed E-state index contributed by atoms with van der Waals surface area (Å²) in [6.45, 7) is 24.4. The number of anilines is 2. The fraction of sp³-hybridized carbons (Fsp3) is 0.533. The molecule has 0 saturated heterocycles. The number of fused-ring (bicyclic) bond motifs is 9. The number of nitrogens with zero attached hydrogens (tertiary/aromatic N) is 2. The van der Waals surface area contributed by atoms with Gasteiger partial charge in [0.05, 0.1) is 22.5 Å². The molecular weight excluding hydrogens is 1270 g/mol. The van der Waals surface area contributed by atoms with Crippen LogP contribution in [0.15, 0.2) is 95.7 Å². The van der Waals surface area contributed by atoms with Crippen molar-refractivity contribution in [3.05, 3.63) is 129 Å². The first-order valence-corrected chi connectivity index (χ1v) is 43.1. The van der Waals surface area contributed by atoms with E-state index in [-0.39, 0.29) is 11.8 Å². The highest BCUT2D eigenvalue weighted by Crippen LogP contribution is 2.53. The molecule has 6 heterocycles. The van der Waals surface area contributed by atoms with E-state index in [4.69, 9.17) is 0 Å². The summed E-state index contributed by atoms with van der Waals surface area (Å²) in [4.78, 5) is 41.3. The number of carbonyl (C=O) groups excluding carboxylic acids is 2. The fourth-order valence-corrected chi connectivity index (χ4v) is 20.9. The van der Waals surface area contributed by atoms with E-state index in [1.54, 1.807) is 0 Å². The van der Waals surface area contributed by atoms with Gasteiger partial charge in [0.1, 0.15) is 0 Å². The van der Waals surface area contributed by atoms with Crippen LogP contribution >= 0.6 is 45.3 Å². The van der Waals surface area contributed by atoms with Gasteiger partial charge in [0, 0.05) is 63.9 Å². The van der Waals surface area contributed by atoms with E-state index in [0.29, 0.717) is 47.9 Å². The predicted octanol–water partition coefficient (Wildman–Crippen LogP) is 28.9. The molecule has 2 aliphatic heterocycles. The van der Waals surface area contributed by atoms with Crippen LogP contribution in [0.1, 0.15) is 282 Å². The number of aryl methyl sites for hydroxylation is 2. The van der Waals surface area contributed by atoms with Crippen molar-refractivity contribution >= 4 is 121 Å². The maximum atomic E-state index is 16.0. The predicted molar refractivity (Wildman–Crippen MR) is 437 cm³/mol. The van der Waals surface area contributed by atoms with Crippen molar-refractivity contribution in [1.82, 2.24) is 0 Å². The Hall–Kier alpha value is -5.38. The van der Waals surface area contributed by atoms with Crippen LogP contribution in [0.5, 0.6) is 0 Å². The molecule has 0 bridgehead atoms. The van der Waals surface area contributed by atoms with E-state index in [0.717, 1.165) is 117 Å². The van der Waals surface area contributed by atoms with Crippen LogP contribution in [0, 0.1) is 23.7 Å². The second-order valence-electron chi connectivity index (χ2n) is 29.8. The standard InChI is InChI=1S/C90H118N2O2S4/c1-11-21-27-29-31-33-39-66-52-77-72(87-71(66)47-48-95-87)45-46-73-78(77)53-67(40-34-32-30-28-22-12-2)76-57-83(98-88(73)76)86-70(50-62(18-8)36-24-14-4)56-82(97-86)69-42-44-75-80(55-69)92(59-64(20-10)38-26-16-6)90(94)85(75)84-74-43-41-68(81-51-65(60-96-81)49-61(17-7)35-23-13-3)54-79(74)91(89(84)93)58-63(19-9)37-25-15-5/h41-48,51-57,60-64H,11-40,49-50,58-59H2,1-10H3/b85-84-. The summed E-state index contributed by atoms with van der Waals surface area (Å²) in [6, 6.07) is 33.8. The van der Waals surface area contributed by atoms with Crippen LogP contribution in [0.3, 0.4) is 0 Å². The molecule has 0 saturated carbocycles. The largest absolute Gasteiger partial charge is 0.307 e. The second-order valence-corrected chi connectivity index (χ2v) is 33.7. The van der Waals surface area contributed by atoms with Crippen molar-refractivity contribution in [1.29, 1.82) is 0 Å². The second kappa shape index (κ2) is 36.0. The first kappa shape index (κ1) is 73.8. The van der Waals surface area contributed by atoms with Gasteiger partial charge in [-0.2, -0.15) is 0 Å². The van der Waals surface area contributed by atoms with Crippen LogP contribution in [-0.2, 0) is 35.3 Å². The molecule has 9 aromatic rings. The topological polar surface area (TPSA) is 40.6 Å². The Morgan fingerprint density at radius 1 is 0.367 bits per heavy atom. The lowest BCUT2D eigenvalue weighted by Gasteiger charge is -2.24. The van der Waals surface area contributed by atoms with Gasteiger partial charge in [0.25, 0.3) is 11.8 Å². The summed E-state index contributed by atoms with van der Waals surface area (Å²) in [6.07, 6.45) is 38.5. The molecule has 0 N–H and O–H groups in total. The zero-order valence-electron chi connectivity index (χ0n) is 61.9. The summed E-state index contributed by atoms with van der Waals surface area (Å²) in [7, 11) is 0. The van der Waals surface area contributed by atoms with Gasteiger partial charge >= 0.3 is 0 Å². The van der Waals surface area contributed by atoms with E-state index in [9.17, 15) is 0 Å². The molecule has 4 unspecified atom stereocenters. The molecule has 0 radical (unpaired) electrons. The van der Waals surface area contributed by atoms with Crippen LogP contribution in [0.2, 0.25) is 0 Å². The number of benzene rings is 5. The number of unbranched alkanes of at least 4 members (excludes halogenated alkanes) is 14. The van der Waals surface area contributed by atoms with Crippen molar-refractivity contribution in [2.45, 2.75) is 275 Å². The van der Waals surface area contributed by atoms with Crippen LogP contribution in [-0.4, -0.2) is 24.9 Å². The van der Waals surface area contributed by atoms with Crippen molar-refractivity contribution in [2.24, 2.45) is 23.7 Å². The van der Waals surface area contributed by atoms with Gasteiger partial charge in [-0.25, -0.2) is 0 Å². The SMILES string of the molecule is CCCCCCCCc1cc2c3cc(CCCCCCCC)c4cc(-c5sc(-c6ccc7c(c6)N(CC(CC)CCCC)C(=O)/C7=C6\C(=O)N(CC(CC)CCCC)c7cc(-c8cc(CC(CC)CCCC)cs8)ccc76)cc5CC(CC)CCCC)sc4c3ccc2c2sccc12. The van der Waals surface area contributed by atoms with E-state index >= 15 is 9.59 Å². The van der Waals surface area contributed by atoms with Crippen molar-refractivity contribution in [3.63, 3.8) is 0 Å². The minimum Gasteiger partial charge on any atom is -0.307 e. The molecule has 98 heavy (non-hydrogen) atoms. The molecule has 2 amide bonds. The molecule has 4 aromatic heterocycles. The number of amides is 2. The zero-order valence-corrected chi connectivity index (χ0v) is 65.2. The fourth-order valence-electron chi connectivity index (χ4n) is 16.4. The number of rotatable bonds is 41. The third-order valence-corrected chi connectivity index (χ3v) is 27.3. The lowest BCUT2D eigenvalue weighted by atomic mass is 9.91. The van der Waals surface area contributed by atoms with Gasteiger partial charge in [0.15, 0.2) is 0 Å².